The molecule has 5 aromatic carbocycles. The molecule has 0 aliphatic carbocycles. The molecule has 8 aromatic rings. The van der Waals surface area contributed by atoms with Crippen molar-refractivity contribution in [1.82, 2.24) is 15.0 Å². The summed E-state index contributed by atoms with van der Waals surface area (Å²) in [6.07, 6.45) is 0. The molecule has 4 nitrogen and oxygen atoms in total. The van der Waals surface area contributed by atoms with Gasteiger partial charge in [0, 0.05) is 38.8 Å². The van der Waals surface area contributed by atoms with Crippen molar-refractivity contribution in [1.29, 1.82) is 0 Å². The van der Waals surface area contributed by atoms with Crippen molar-refractivity contribution in [3.63, 3.8) is 0 Å². The van der Waals surface area contributed by atoms with Crippen LogP contribution in [-0.4, -0.2) is 15.0 Å². The van der Waals surface area contributed by atoms with Crippen LogP contribution in [0.5, 0.6) is 0 Å². The third-order valence-electron chi connectivity index (χ3n) is 8.53. The van der Waals surface area contributed by atoms with E-state index in [0.29, 0.717) is 0 Å². The molecule has 0 atom stereocenters. The normalized spacial score (nSPS) is 12.0. The quantitative estimate of drug-likeness (QED) is 0.228. The van der Waals surface area contributed by atoms with Gasteiger partial charge in [-0.25, -0.2) is 9.97 Å². The van der Waals surface area contributed by atoms with Gasteiger partial charge < -0.3 is 4.98 Å². The Morgan fingerprint density at radius 1 is 0.409 bits per heavy atom. The third-order valence-corrected chi connectivity index (χ3v) is 8.53. The van der Waals surface area contributed by atoms with Crippen LogP contribution in [0.1, 0.15) is 0 Å². The van der Waals surface area contributed by atoms with Gasteiger partial charge >= 0.3 is 0 Å². The number of aromatic nitrogens is 3. The van der Waals surface area contributed by atoms with E-state index in [1.165, 1.54) is 10.8 Å². The number of H-pyrrole nitrogens is 1. The van der Waals surface area contributed by atoms with Crippen LogP contribution in [0.3, 0.4) is 0 Å². The average Bonchev–Trinajstić information content (AvgIpc) is 3.48. The lowest BCUT2D eigenvalue weighted by Gasteiger charge is -2.25. The smallest absolute Gasteiger partial charge is 0.138 e. The van der Waals surface area contributed by atoms with Crippen molar-refractivity contribution < 1.29 is 0 Å². The zero-order valence-electron chi connectivity index (χ0n) is 23.8. The number of hydrogen-bond acceptors (Lipinski definition) is 3. The van der Waals surface area contributed by atoms with E-state index in [-0.39, 0.29) is 0 Å². The SMILES string of the molecule is c1ccc(-c2cc3nc(c2)-c2cccc4c2[nH]c2c(cccc24)-c2cccc(n2)N(c2ccccc2)c2cccc-3c2)cc1. The van der Waals surface area contributed by atoms with Gasteiger partial charge in [-0.15, -0.1) is 0 Å². The Morgan fingerprint density at radius 3 is 1.80 bits per heavy atom. The summed E-state index contributed by atoms with van der Waals surface area (Å²) in [7, 11) is 0. The minimum Gasteiger partial charge on any atom is -0.353 e. The highest BCUT2D eigenvalue weighted by atomic mass is 15.2. The van der Waals surface area contributed by atoms with E-state index in [4.69, 9.17) is 9.97 Å². The topological polar surface area (TPSA) is 44.8 Å². The van der Waals surface area contributed by atoms with Crippen molar-refractivity contribution in [2.45, 2.75) is 0 Å². The summed E-state index contributed by atoms with van der Waals surface area (Å²) < 4.78 is 0. The fraction of sp³-hybridized carbons (Fsp3) is 0. The molecule has 9 rings (SSSR count). The number of nitrogens with zero attached hydrogens (tertiary/aromatic N) is 3. The summed E-state index contributed by atoms with van der Waals surface area (Å²) in [4.78, 5) is 16.6. The van der Waals surface area contributed by atoms with Crippen molar-refractivity contribution in [3.05, 3.63) is 152 Å². The highest BCUT2D eigenvalue weighted by Crippen LogP contribution is 2.41. The summed E-state index contributed by atoms with van der Waals surface area (Å²) >= 11 is 0. The van der Waals surface area contributed by atoms with Gasteiger partial charge in [-0.05, 0) is 59.7 Å². The number of hydrogen-bond donors (Lipinski definition) is 1. The number of pyridine rings is 2. The number of anilines is 3. The van der Waals surface area contributed by atoms with Crippen molar-refractivity contribution >= 4 is 39.0 Å². The summed E-state index contributed by atoms with van der Waals surface area (Å²) in [6.45, 7) is 0. The lowest BCUT2D eigenvalue weighted by molar-refractivity contribution is 1.18. The van der Waals surface area contributed by atoms with Gasteiger partial charge in [-0.3, -0.25) is 4.90 Å². The molecule has 0 spiro atoms. The van der Waals surface area contributed by atoms with Crippen LogP contribution in [0.15, 0.2) is 152 Å². The highest BCUT2D eigenvalue weighted by molar-refractivity contribution is 6.15. The van der Waals surface area contributed by atoms with Gasteiger partial charge in [0.05, 0.1) is 28.1 Å². The molecule has 1 aliphatic rings. The maximum atomic E-state index is 5.33. The van der Waals surface area contributed by atoms with Crippen molar-refractivity contribution in [2.24, 2.45) is 0 Å². The average molecular weight is 563 g/mol. The van der Waals surface area contributed by atoms with E-state index in [9.17, 15) is 0 Å². The predicted molar refractivity (Wildman–Crippen MR) is 181 cm³/mol. The van der Waals surface area contributed by atoms with E-state index >= 15 is 0 Å². The second kappa shape index (κ2) is 9.79. The molecule has 0 radical (unpaired) electrons. The molecule has 0 saturated carbocycles. The molecular weight excluding hydrogens is 536 g/mol. The molecule has 0 saturated heterocycles. The van der Waals surface area contributed by atoms with Gasteiger partial charge in [0.1, 0.15) is 5.82 Å². The first-order valence-electron chi connectivity index (χ1n) is 14.8. The molecule has 1 aliphatic heterocycles. The first kappa shape index (κ1) is 24.6. The van der Waals surface area contributed by atoms with E-state index < -0.39 is 0 Å². The Labute approximate surface area is 254 Å². The fourth-order valence-electron chi connectivity index (χ4n) is 6.48. The van der Waals surface area contributed by atoms with Crippen LogP contribution in [-0.2, 0) is 0 Å². The maximum Gasteiger partial charge on any atom is 0.138 e. The number of aromatic amines is 1. The summed E-state index contributed by atoms with van der Waals surface area (Å²) in [5.74, 6) is 0.848. The van der Waals surface area contributed by atoms with Crippen LogP contribution < -0.4 is 4.90 Å². The van der Waals surface area contributed by atoms with Gasteiger partial charge in [0.15, 0.2) is 0 Å². The Kier molecular flexibility index (Phi) is 5.47. The first-order valence-corrected chi connectivity index (χ1v) is 14.8. The molecule has 8 bridgehead atoms. The Hall–Kier alpha value is -6.00. The summed E-state index contributed by atoms with van der Waals surface area (Å²) in [5, 5.41) is 2.34. The summed E-state index contributed by atoms with van der Waals surface area (Å²) in [5.41, 5.74) is 12.4. The number of nitrogens with one attached hydrogen (secondary N) is 1. The van der Waals surface area contributed by atoms with Crippen molar-refractivity contribution in [3.8, 4) is 44.9 Å². The van der Waals surface area contributed by atoms with E-state index in [1.807, 2.05) is 6.07 Å². The standard InChI is InChI=1S/C40H26N4/c1-3-11-26(12-4-1)28-24-36-27-13-7-16-30(23-27)44(29-14-5-2-6-15-29)38-22-10-21-35(42-38)33-19-8-17-31-32-18-9-20-34(37(25-28)41-36)40(32)43-39(31)33/h1-25,43H. The van der Waals surface area contributed by atoms with Crippen LogP contribution in [0, 0.1) is 0 Å². The third kappa shape index (κ3) is 3.92. The molecule has 44 heavy (non-hydrogen) atoms. The molecule has 4 heteroatoms. The molecule has 0 fully saturated rings. The minimum absolute atomic E-state index is 0.848. The molecule has 0 amide bonds. The van der Waals surface area contributed by atoms with E-state index in [0.717, 1.165) is 73.1 Å². The Morgan fingerprint density at radius 2 is 1.02 bits per heavy atom. The lowest BCUT2D eigenvalue weighted by Crippen LogP contribution is -2.12. The van der Waals surface area contributed by atoms with Gasteiger partial charge in [-0.1, -0.05) is 103 Å². The fourth-order valence-corrected chi connectivity index (χ4v) is 6.48. The predicted octanol–water partition coefficient (Wildman–Crippen LogP) is 10.6. The Balaban J connectivity index is 1.42. The molecule has 206 valence electrons. The number of rotatable bonds is 2. The number of para-hydroxylation sites is 3. The van der Waals surface area contributed by atoms with Crippen LogP contribution in [0.25, 0.3) is 66.7 Å². The number of fused-ring (bicyclic) bond motifs is 10. The monoisotopic (exact) mass is 562 g/mol. The van der Waals surface area contributed by atoms with E-state index in [1.54, 1.807) is 0 Å². The van der Waals surface area contributed by atoms with Gasteiger partial charge in [-0.2, -0.15) is 0 Å². The minimum atomic E-state index is 0.848. The molecule has 0 unspecified atom stereocenters. The largest absolute Gasteiger partial charge is 0.353 e. The molecule has 1 N–H and O–H groups in total. The molecule has 3 aromatic heterocycles. The first-order chi connectivity index (χ1) is 21.8. The molecular formula is C40H26N4. The van der Waals surface area contributed by atoms with Gasteiger partial charge in [0.25, 0.3) is 0 Å². The maximum absolute atomic E-state index is 5.33. The zero-order valence-corrected chi connectivity index (χ0v) is 23.8. The Bertz CT molecular complexity index is 2340. The second-order valence-corrected chi connectivity index (χ2v) is 11.2. The van der Waals surface area contributed by atoms with Gasteiger partial charge in [0.2, 0.25) is 0 Å². The summed E-state index contributed by atoms with van der Waals surface area (Å²) in [6, 6.07) is 53.2. The van der Waals surface area contributed by atoms with Crippen LogP contribution in [0.2, 0.25) is 0 Å². The zero-order chi connectivity index (χ0) is 29.0. The number of benzene rings is 5. The molecule has 4 heterocycles. The second-order valence-electron chi connectivity index (χ2n) is 11.2. The van der Waals surface area contributed by atoms with Crippen LogP contribution >= 0.6 is 0 Å². The van der Waals surface area contributed by atoms with Crippen LogP contribution in [0.4, 0.5) is 17.2 Å². The highest BCUT2D eigenvalue weighted by Gasteiger charge is 2.20. The lowest BCUT2D eigenvalue weighted by atomic mass is 9.98. The van der Waals surface area contributed by atoms with Crippen molar-refractivity contribution in [2.75, 3.05) is 4.90 Å². The van der Waals surface area contributed by atoms with E-state index in [2.05, 4.69) is 155 Å².